The maximum atomic E-state index is 11.6. The number of carbonyl (C=O) groups excluding carboxylic acids is 2. The summed E-state index contributed by atoms with van der Waals surface area (Å²) in [6.07, 6.45) is 5.42. The summed E-state index contributed by atoms with van der Waals surface area (Å²) in [6, 6.07) is 0.573. The largest absolute Gasteiger partial charge is 0.466 e. The lowest BCUT2D eigenvalue weighted by atomic mass is 9.84. The van der Waals surface area contributed by atoms with Crippen molar-refractivity contribution in [3.8, 4) is 0 Å². The lowest BCUT2D eigenvalue weighted by Gasteiger charge is -2.37. The van der Waals surface area contributed by atoms with Crippen molar-refractivity contribution in [1.82, 2.24) is 4.90 Å². The fourth-order valence-electron chi connectivity index (χ4n) is 3.08. The van der Waals surface area contributed by atoms with Crippen molar-refractivity contribution in [3.05, 3.63) is 0 Å². The summed E-state index contributed by atoms with van der Waals surface area (Å²) in [5.74, 6) is 0.476. The zero-order valence-electron chi connectivity index (χ0n) is 11.2. The Balaban J connectivity index is 1.76. The average molecular weight is 253 g/mol. The Morgan fingerprint density at radius 3 is 2.39 bits per heavy atom. The number of hydrogen-bond donors (Lipinski definition) is 0. The molecule has 2 rings (SSSR count). The van der Waals surface area contributed by atoms with E-state index >= 15 is 0 Å². The van der Waals surface area contributed by atoms with Gasteiger partial charge in [0.2, 0.25) is 0 Å². The van der Waals surface area contributed by atoms with Crippen LogP contribution in [0.4, 0.5) is 0 Å². The van der Waals surface area contributed by atoms with E-state index in [1.807, 2.05) is 6.92 Å². The zero-order chi connectivity index (χ0) is 13.0. The highest BCUT2D eigenvalue weighted by Gasteiger charge is 2.31. The highest BCUT2D eigenvalue weighted by molar-refractivity contribution is 5.79. The number of piperidine rings is 1. The molecular weight excluding hydrogens is 230 g/mol. The van der Waals surface area contributed by atoms with Crippen molar-refractivity contribution in [3.63, 3.8) is 0 Å². The van der Waals surface area contributed by atoms with E-state index in [1.165, 1.54) is 0 Å². The van der Waals surface area contributed by atoms with Crippen molar-refractivity contribution < 1.29 is 14.3 Å². The van der Waals surface area contributed by atoms with Crippen LogP contribution in [0.15, 0.2) is 0 Å². The molecule has 0 unspecified atom stereocenters. The first-order valence-corrected chi connectivity index (χ1v) is 7.13. The van der Waals surface area contributed by atoms with Crippen LogP contribution in [-0.2, 0) is 14.3 Å². The van der Waals surface area contributed by atoms with Gasteiger partial charge in [-0.3, -0.25) is 14.5 Å². The lowest BCUT2D eigenvalue weighted by molar-refractivity contribution is -0.149. The third-order valence-corrected chi connectivity index (χ3v) is 4.19. The molecule has 0 spiro atoms. The number of ether oxygens (including phenoxy) is 1. The molecular formula is C14H23NO3. The number of Topliss-reactive ketones (excluding diaryl/α,β-unsaturated/α-hetero) is 1. The number of hydrogen-bond acceptors (Lipinski definition) is 4. The Morgan fingerprint density at radius 1 is 1.22 bits per heavy atom. The molecule has 1 aliphatic heterocycles. The van der Waals surface area contributed by atoms with Gasteiger partial charge in [-0.05, 0) is 32.6 Å². The highest BCUT2D eigenvalue weighted by atomic mass is 16.5. The molecule has 0 radical (unpaired) electrons. The molecule has 0 atom stereocenters. The second kappa shape index (κ2) is 6.32. The molecule has 4 heteroatoms. The van der Waals surface area contributed by atoms with E-state index < -0.39 is 0 Å². The standard InChI is InChI=1S/C14H23NO3/c1-2-18-14(17)11-3-5-12(6-4-11)15-9-7-13(16)8-10-15/h11-12H,2-10H2,1H3/t11-,12+. The summed E-state index contributed by atoms with van der Waals surface area (Å²) in [6.45, 7) is 4.16. The third kappa shape index (κ3) is 3.31. The summed E-state index contributed by atoms with van der Waals surface area (Å²) in [7, 11) is 0. The van der Waals surface area contributed by atoms with E-state index in [9.17, 15) is 9.59 Å². The first kappa shape index (κ1) is 13.5. The second-order valence-electron chi connectivity index (χ2n) is 5.33. The predicted octanol–water partition coefficient (Wildman–Crippen LogP) is 1.77. The van der Waals surface area contributed by atoms with Crippen LogP contribution in [-0.4, -0.2) is 42.4 Å². The van der Waals surface area contributed by atoms with E-state index in [4.69, 9.17) is 4.74 Å². The minimum Gasteiger partial charge on any atom is -0.466 e. The molecule has 18 heavy (non-hydrogen) atoms. The Labute approximate surface area is 109 Å². The first-order valence-electron chi connectivity index (χ1n) is 7.13. The van der Waals surface area contributed by atoms with Crippen LogP contribution >= 0.6 is 0 Å². The van der Waals surface area contributed by atoms with Gasteiger partial charge in [-0.2, -0.15) is 0 Å². The number of carbonyl (C=O) groups is 2. The molecule has 1 heterocycles. The quantitative estimate of drug-likeness (QED) is 0.719. The summed E-state index contributed by atoms with van der Waals surface area (Å²) >= 11 is 0. The Morgan fingerprint density at radius 2 is 1.83 bits per heavy atom. The Bertz CT molecular complexity index is 298. The van der Waals surface area contributed by atoms with Gasteiger partial charge in [0, 0.05) is 32.0 Å². The van der Waals surface area contributed by atoms with Crippen molar-refractivity contribution in [1.29, 1.82) is 0 Å². The van der Waals surface area contributed by atoms with Gasteiger partial charge in [0.15, 0.2) is 0 Å². The second-order valence-corrected chi connectivity index (χ2v) is 5.33. The molecule has 1 saturated heterocycles. The average Bonchev–Trinajstić information content (AvgIpc) is 2.40. The summed E-state index contributed by atoms with van der Waals surface area (Å²) in [5, 5.41) is 0. The van der Waals surface area contributed by atoms with Crippen molar-refractivity contribution in [2.45, 2.75) is 51.5 Å². The van der Waals surface area contributed by atoms with Crippen molar-refractivity contribution in [2.75, 3.05) is 19.7 Å². The van der Waals surface area contributed by atoms with E-state index in [0.29, 0.717) is 31.3 Å². The monoisotopic (exact) mass is 253 g/mol. The van der Waals surface area contributed by atoms with Crippen molar-refractivity contribution in [2.24, 2.45) is 5.92 Å². The molecule has 0 N–H and O–H groups in total. The lowest BCUT2D eigenvalue weighted by Crippen LogP contribution is -2.44. The van der Waals surface area contributed by atoms with Gasteiger partial charge in [0.25, 0.3) is 0 Å². The van der Waals surface area contributed by atoms with Crippen LogP contribution in [0.5, 0.6) is 0 Å². The topological polar surface area (TPSA) is 46.6 Å². The van der Waals surface area contributed by atoms with E-state index in [0.717, 1.165) is 38.8 Å². The fraction of sp³-hybridized carbons (Fsp3) is 0.857. The molecule has 1 saturated carbocycles. The number of nitrogens with zero attached hydrogens (tertiary/aromatic N) is 1. The first-order chi connectivity index (χ1) is 8.70. The maximum Gasteiger partial charge on any atom is 0.308 e. The maximum absolute atomic E-state index is 11.6. The van der Waals surface area contributed by atoms with E-state index in [-0.39, 0.29) is 11.9 Å². The molecule has 2 aliphatic rings. The molecule has 0 bridgehead atoms. The number of likely N-dealkylation sites (tertiary alicyclic amines) is 1. The van der Waals surface area contributed by atoms with Crippen LogP contribution in [0.3, 0.4) is 0 Å². The number of ketones is 1. The van der Waals surface area contributed by atoms with Gasteiger partial charge in [-0.1, -0.05) is 0 Å². The summed E-state index contributed by atoms with van der Waals surface area (Å²) < 4.78 is 5.08. The Hall–Kier alpha value is -0.900. The minimum atomic E-state index is -0.0234. The van der Waals surface area contributed by atoms with Crippen LogP contribution in [0.1, 0.15) is 45.4 Å². The molecule has 0 aromatic carbocycles. The zero-order valence-corrected chi connectivity index (χ0v) is 11.2. The van der Waals surface area contributed by atoms with Gasteiger partial charge in [0.05, 0.1) is 12.5 Å². The van der Waals surface area contributed by atoms with E-state index in [1.54, 1.807) is 0 Å². The smallest absolute Gasteiger partial charge is 0.308 e. The molecule has 102 valence electrons. The SMILES string of the molecule is CCOC(=O)[C@H]1CC[C@@H](N2CCC(=O)CC2)CC1. The van der Waals surface area contributed by atoms with Crippen LogP contribution < -0.4 is 0 Å². The summed E-state index contributed by atoms with van der Waals surface area (Å²) in [4.78, 5) is 25.3. The highest BCUT2D eigenvalue weighted by Crippen LogP contribution is 2.29. The minimum absolute atomic E-state index is 0.0234. The van der Waals surface area contributed by atoms with Crippen LogP contribution in [0.25, 0.3) is 0 Å². The fourth-order valence-corrected chi connectivity index (χ4v) is 3.08. The number of rotatable bonds is 3. The van der Waals surface area contributed by atoms with Crippen LogP contribution in [0.2, 0.25) is 0 Å². The van der Waals surface area contributed by atoms with E-state index in [2.05, 4.69) is 4.90 Å². The molecule has 2 fully saturated rings. The van der Waals surface area contributed by atoms with Gasteiger partial charge < -0.3 is 4.74 Å². The van der Waals surface area contributed by atoms with Crippen LogP contribution in [0, 0.1) is 5.92 Å². The normalized spacial score (nSPS) is 30.2. The van der Waals surface area contributed by atoms with Crippen molar-refractivity contribution >= 4 is 11.8 Å². The predicted molar refractivity (Wildman–Crippen MR) is 68.2 cm³/mol. The molecule has 0 aromatic rings. The molecule has 4 nitrogen and oxygen atoms in total. The Kier molecular flexibility index (Phi) is 4.75. The molecule has 0 amide bonds. The number of esters is 1. The summed E-state index contributed by atoms with van der Waals surface area (Å²) in [5.41, 5.74) is 0. The molecule has 1 aliphatic carbocycles. The molecule has 0 aromatic heterocycles. The van der Waals surface area contributed by atoms with Gasteiger partial charge in [-0.25, -0.2) is 0 Å². The third-order valence-electron chi connectivity index (χ3n) is 4.19. The van der Waals surface area contributed by atoms with Gasteiger partial charge in [-0.15, -0.1) is 0 Å². The van der Waals surface area contributed by atoms with Gasteiger partial charge in [0.1, 0.15) is 5.78 Å². The van der Waals surface area contributed by atoms with Gasteiger partial charge >= 0.3 is 5.97 Å².